The predicted molar refractivity (Wildman–Crippen MR) is 89.9 cm³/mol. The van der Waals surface area contributed by atoms with Crippen LogP contribution in [0, 0.1) is 5.92 Å². The highest BCUT2D eigenvalue weighted by Gasteiger charge is 2.52. The van der Waals surface area contributed by atoms with Gasteiger partial charge in [-0.05, 0) is 51.0 Å². The summed E-state index contributed by atoms with van der Waals surface area (Å²) >= 11 is 0. The predicted octanol–water partition coefficient (Wildman–Crippen LogP) is 3.10. The molecule has 3 amide bonds. The number of nitrogens with zero attached hydrogens (tertiary/aromatic N) is 2. The Bertz CT molecular complexity index is 451. The van der Waals surface area contributed by atoms with Crippen LogP contribution in [0.4, 0.5) is 4.79 Å². The minimum absolute atomic E-state index is 0.0173. The first-order valence-corrected chi connectivity index (χ1v) is 9.44. The Hall–Kier alpha value is -1.10. The fraction of sp³-hybridized carbons (Fsp3) is 0.889. The van der Waals surface area contributed by atoms with E-state index >= 15 is 0 Å². The van der Waals surface area contributed by atoms with Crippen molar-refractivity contribution in [1.82, 2.24) is 15.1 Å². The second kappa shape index (κ2) is 6.80. The third kappa shape index (κ3) is 3.25. The molecule has 0 radical (unpaired) electrons. The average Bonchev–Trinajstić information content (AvgIpc) is 2.80. The van der Waals surface area contributed by atoms with E-state index in [1.165, 1.54) is 37.0 Å². The van der Waals surface area contributed by atoms with Crippen LogP contribution in [-0.2, 0) is 4.79 Å². The van der Waals surface area contributed by atoms with E-state index in [1.54, 1.807) is 0 Å². The van der Waals surface area contributed by atoms with E-state index in [4.69, 9.17) is 0 Å². The van der Waals surface area contributed by atoms with Crippen molar-refractivity contribution in [2.75, 3.05) is 13.2 Å². The number of carbonyl (C=O) groups excluding carboxylic acids is 2. The molecule has 0 bridgehead atoms. The second-order valence-corrected chi connectivity index (χ2v) is 7.77. The average molecular weight is 321 g/mol. The first kappa shape index (κ1) is 16.7. The van der Waals surface area contributed by atoms with Crippen molar-refractivity contribution in [2.24, 2.45) is 5.92 Å². The van der Waals surface area contributed by atoms with Crippen molar-refractivity contribution in [3.63, 3.8) is 0 Å². The van der Waals surface area contributed by atoms with Crippen molar-refractivity contribution in [2.45, 2.75) is 83.2 Å². The Labute approximate surface area is 139 Å². The molecule has 0 atom stereocenters. The van der Waals surface area contributed by atoms with Gasteiger partial charge in [-0.25, -0.2) is 9.69 Å². The van der Waals surface area contributed by atoms with Gasteiger partial charge in [0.05, 0.1) is 6.67 Å². The largest absolute Gasteiger partial charge is 0.326 e. The van der Waals surface area contributed by atoms with Gasteiger partial charge in [0.2, 0.25) is 0 Å². The maximum atomic E-state index is 12.9. The van der Waals surface area contributed by atoms with E-state index in [0.29, 0.717) is 18.6 Å². The fourth-order valence-corrected chi connectivity index (χ4v) is 4.50. The van der Waals surface area contributed by atoms with E-state index < -0.39 is 5.54 Å². The summed E-state index contributed by atoms with van der Waals surface area (Å²) in [5.74, 6) is 0.678. The molecular formula is C18H31N3O2. The van der Waals surface area contributed by atoms with Crippen LogP contribution >= 0.6 is 0 Å². The second-order valence-electron chi connectivity index (χ2n) is 7.77. The van der Waals surface area contributed by atoms with Crippen molar-refractivity contribution >= 4 is 11.9 Å². The summed E-state index contributed by atoms with van der Waals surface area (Å²) in [6, 6.07) is 0.344. The third-order valence-electron chi connectivity index (χ3n) is 6.19. The Morgan fingerprint density at radius 2 is 1.78 bits per heavy atom. The van der Waals surface area contributed by atoms with Crippen molar-refractivity contribution in [1.29, 1.82) is 0 Å². The van der Waals surface area contributed by atoms with Gasteiger partial charge in [0, 0.05) is 6.04 Å². The van der Waals surface area contributed by atoms with Crippen molar-refractivity contribution in [3.8, 4) is 0 Å². The van der Waals surface area contributed by atoms with E-state index in [9.17, 15) is 9.59 Å². The standard InChI is InChI=1S/C18H31N3O2/c1-3-20(15-7-5-4-6-8-15)13-21-16(22)18(19-17(21)23)11-9-14(2)10-12-18/h14-15H,3-13H2,1-2H3,(H,19,23). The highest BCUT2D eigenvalue weighted by molar-refractivity contribution is 6.07. The molecular weight excluding hydrogens is 290 g/mol. The zero-order valence-electron chi connectivity index (χ0n) is 14.6. The zero-order valence-corrected chi connectivity index (χ0v) is 14.6. The van der Waals surface area contributed by atoms with Gasteiger partial charge in [-0.2, -0.15) is 0 Å². The molecule has 0 unspecified atom stereocenters. The molecule has 3 aliphatic rings. The summed E-state index contributed by atoms with van der Waals surface area (Å²) < 4.78 is 0. The van der Waals surface area contributed by atoms with Crippen LogP contribution in [0.1, 0.15) is 71.6 Å². The molecule has 1 N–H and O–H groups in total. The van der Waals surface area contributed by atoms with E-state index in [2.05, 4.69) is 24.1 Å². The lowest BCUT2D eigenvalue weighted by Gasteiger charge is -2.36. The Kier molecular flexibility index (Phi) is 4.95. The number of rotatable bonds is 4. The molecule has 1 heterocycles. The lowest BCUT2D eigenvalue weighted by Crippen LogP contribution is -2.50. The van der Waals surface area contributed by atoms with Crippen LogP contribution in [0.15, 0.2) is 0 Å². The number of hydrogen-bond donors (Lipinski definition) is 1. The van der Waals surface area contributed by atoms with Gasteiger partial charge in [-0.15, -0.1) is 0 Å². The van der Waals surface area contributed by atoms with Crippen LogP contribution in [0.2, 0.25) is 0 Å². The summed E-state index contributed by atoms with van der Waals surface area (Å²) in [5, 5.41) is 3.03. The van der Waals surface area contributed by atoms with Crippen LogP contribution in [0.25, 0.3) is 0 Å². The highest BCUT2D eigenvalue weighted by atomic mass is 16.2. The topological polar surface area (TPSA) is 52.6 Å². The number of carbonyl (C=O) groups is 2. The summed E-state index contributed by atoms with van der Waals surface area (Å²) in [6.07, 6.45) is 9.89. The van der Waals surface area contributed by atoms with Crippen LogP contribution in [0.3, 0.4) is 0 Å². The summed E-state index contributed by atoms with van der Waals surface area (Å²) in [4.78, 5) is 29.2. The number of nitrogens with one attached hydrogen (secondary N) is 1. The Balaban J connectivity index is 1.67. The highest BCUT2D eigenvalue weighted by Crippen LogP contribution is 2.36. The van der Waals surface area contributed by atoms with Crippen molar-refractivity contribution < 1.29 is 9.59 Å². The van der Waals surface area contributed by atoms with Crippen LogP contribution < -0.4 is 5.32 Å². The number of imide groups is 1. The SMILES string of the molecule is CCN(CN1C(=O)NC2(CCC(C)CC2)C1=O)C1CCCCC1. The van der Waals surface area contributed by atoms with Gasteiger partial charge in [0.1, 0.15) is 5.54 Å². The molecule has 0 aromatic carbocycles. The van der Waals surface area contributed by atoms with Gasteiger partial charge in [0.25, 0.3) is 5.91 Å². The maximum Gasteiger partial charge on any atom is 0.326 e. The van der Waals surface area contributed by atoms with Crippen molar-refractivity contribution in [3.05, 3.63) is 0 Å². The molecule has 2 saturated carbocycles. The maximum absolute atomic E-state index is 12.9. The molecule has 0 aromatic heterocycles. The molecule has 23 heavy (non-hydrogen) atoms. The number of hydrogen-bond acceptors (Lipinski definition) is 3. The minimum Gasteiger partial charge on any atom is -0.323 e. The minimum atomic E-state index is -0.602. The summed E-state index contributed by atoms with van der Waals surface area (Å²) in [5.41, 5.74) is -0.602. The molecule has 2 aliphatic carbocycles. The Morgan fingerprint density at radius 1 is 1.13 bits per heavy atom. The number of amides is 3. The molecule has 5 nitrogen and oxygen atoms in total. The molecule has 130 valence electrons. The van der Waals surface area contributed by atoms with Gasteiger partial charge in [-0.3, -0.25) is 9.69 Å². The lowest BCUT2D eigenvalue weighted by molar-refractivity contribution is -0.134. The molecule has 0 aromatic rings. The van der Waals surface area contributed by atoms with Crippen LogP contribution in [0.5, 0.6) is 0 Å². The quantitative estimate of drug-likeness (QED) is 0.810. The molecule has 1 aliphatic heterocycles. The van der Waals surface area contributed by atoms with Gasteiger partial charge >= 0.3 is 6.03 Å². The third-order valence-corrected chi connectivity index (χ3v) is 6.19. The van der Waals surface area contributed by atoms with Crippen LogP contribution in [-0.4, -0.2) is 46.5 Å². The molecule has 3 rings (SSSR count). The monoisotopic (exact) mass is 321 g/mol. The molecule has 5 heteroatoms. The lowest BCUT2D eigenvalue weighted by atomic mass is 9.77. The first-order chi connectivity index (χ1) is 11.1. The molecule has 1 saturated heterocycles. The Morgan fingerprint density at radius 3 is 2.39 bits per heavy atom. The molecule has 1 spiro atoms. The fourth-order valence-electron chi connectivity index (χ4n) is 4.50. The smallest absolute Gasteiger partial charge is 0.323 e. The van der Waals surface area contributed by atoms with Gasteiger partial charge < -0.3 is 5.32 Å². The molecule has 3 fully saturated rings. The van der Waals surface area contributed by atoms with E-state index in [1.807, 2.05) is 0 Å². The van der Waals surface area contributed by atoms with Gasteiger partial charge in [0.15, 0.2) is 0 Å². The summed E-state index contributed by atoms with van der Waals surface area (Å²) in [6.45, 7) is 5.72. The normalized spacial score (nSPS) is 32.8. The number of urea groups is 1. The summed E-state index contributed by atoms with van der Waals surface area (Å²) in [7, 11) is 0. The zero-order chi connectivity index (χ0) is 16.4. The van der Waals surface area contributed by atoms with E-state index in [-0.39, 0.29) is 11.9 Å². The van der Waals surface area contributed by atoms with E-state index in [0.717, 1.165) is 32.2 Å². The van der Waals surface area contributed by atoms with Gasteiger partial charge in [-0.1, -0.05) is 33.1 Å². The first-order valence-electron chi connectivity index (χ1n) is 9.44.